The van der Waals surface area contributed by atoms with Crippen molar-refractivity contribution in [2.24, 2.45) is 0 Å². The summed E-state index contributed by atoms with van der Waals surface area (Å²) in [4.78, 5) is 0. The maximum absolute atomic E-state index is 4.34. The number of nitrogens with zero attached hydrogens (tertiary/aromatic N) is 2. The lowest BCUT2D eigenvalue weighted by Crippen LogP contribution is -2.14. The molecule has 2 rings (SSSR count). The summed E-state index contributed by atoms with van der Waals surface area (Å²) in [5.74, 6) is 0. The van der Waals surface area contributed by atoms with Crippen molar-refractivity contribution >= 4 is 0 Å². The molecule has 0 spiro atoms. The number of likely N-dealkylation sites (N-methyl/N-ethyl adjacent to an activating group) is 1. The van der Waals surface area contributed by atoms with Gasteiger partial charge in [-0.3, -0.25) is 4.68 Å². The van der Waals surface area contributed by atoms with Gasteiger partial charge in [0.15, 0.2) is 0 Å². The van der Waals surface area contributed by atoms with Gasteiger partial charge in [-0.25, -0.2) is 0 Å². The SMILES string of the molecule is CNCCn1cc(-c2cccc(C)c2)cn1. The van der Waals surface area contributed by atoms with E-state index in [9.17, 15) is 0 Å². The molecule has 0 aliphatic rings. The normalized spacial score (nSPS) is 10.6. The van der Waals surface area contributed by atoms with Gasteiger partial charge in [-0.05, 0) is 19.5 Å². The Morgan fingerprint density at radius 1 is 1.31 bits per heavy atom. The highest BCUT2D eigenvalue weighted by Gasteiger charge is 2.01. The zero-order valence-electron chi connectivity index (χ0n) is 9.77. The molecule has 16 heavy (non-hydrogen) atoms. The fraction of sp³-hybridized carbons (Fsp3) is 0.308. The molecule has 2 aromatic rings. The van der Waals surface area contributed by atoms with Gasteiger partial charge in [0.2, 0.25) is 0 Å². The summed E-state index contributed by atoms with van der Waals surface area (Å²) in [5, 5.41) is 7.45. The molecule has 0 saturated heterocycles. The van der Waals surface area contributed by atoms with Crippen molar-refractivity contribution in [1.82, 2.24) is 15.1 Å². The molecule has 0 aliphatic carbocycles. The molecule has 3 nitrogen and oxygen atoms in total. The van der Waals surface area contributed by atoms with E-state index in [2.05, 4.69) is 47.8 Å². The summed E-state index contributed by atoms with van der Waals surface area (Å²) in [5.41, 5.74) is 3.69. The highest BCUT2D eigenvalue weighted by Crippen LogP contribution is 2.19. The first-order valence-electron chi connectivity index (χ1n) is 5.53. The van der Waals surface area contributed by atoms with Crippen molar-refractivity contribution in [3.05, 3.63) is 42.2 Å². The summed E-state index contributed by atoms with van der Waals surface area (Å²) in [6, 6.07) is 8.48. The Morgan fingerprint density at radius 2 is 2.19 bits per heavy atom. The highest BCUT2D eigenvalue weighted by molar-refractivity contribution is 5.62. The van der Waals surface area contributed by atoms with Gasteiger partial charge in [0.05, 0.1) is 12.7 Å². The maximum Gasteiger partial charge on any atom is 0.0568 e. The minimum absolute atomic E-state index is 0.905. The molecule has 1 aromatic heterocycles. The summed E-state index contributed by atoms with van der Waals surface area (Å²) in [7, 11) is 1.95. The molecule has 0 aliphatic heterocycles. The lowest BCUT2D eigenvalue weighted by atomic mass is 10.1. The van der Waals surface area contributed by atoms with Crippen LogP contribution in [0.4, 0.5) is 0 Å². The predicted octanol–water partition coefficient (Wildman–Crippen LogP) is 2.08. The van der Waals surface area contributed by atoms with E-state index in [0.29, 0.717) is 0 Å². The van der Waals surface area contributed by atoms with Crippen LogP contribution in [-0.4, -0.2) is 23.4 Å². The summed E-state index contributed by atoms with van der Waals surface area (Å²) < 4.78 is 1.97. The smallest absolute Gasteiger partial charge is 0.0568 e. The first-order valence-corrected chi connectivity index (χ1v) is 5.53. The van der Waals surface area contributed by atoms with Gasteiger partial charge in [-0.2, -0.15) is 5.10 Å². The Balaban J connectivity index is 2.18. The first kappa shape index (κ1) is 10.9. The van der Waals surface area contributed by atoms with Gasteiger partial charge in [0, 0.05) is 18.3 Å². The number of nitrogens with one attached hydrogen (secondary N) is 1. The van der Waals surface area contributed by atoms with Crippen LogP contribution >= 0.6 is 0 Å². The van der Waals surface area contributed by atoms with Gasteiger partial charge >= 0.3 is 0 Å². The molecule has 1 heterocycles. The molecular weight excluding hydrogens is 198 g/mol. The van der Waals surface area contributed by atoms with Gasteiger partial charge in [0.1, 0.15) is 0 Å². The van der Waals surface area contributed by atoms with Crippen molar-refractivity contribution < 1.29 is 0 Å². The van der Waals surface area contributed by atoms with E-state index in [1.54, 1.807) is 0 Å². The van der Waals surface area contributed by atoms with Crippen LogP contribution < -0.4 is 5.32 Å². The third-order valence-electron chi connectivity index (χ3n) is 2.58. The predicted molar refractivity (Wildman–Crippen MR) is 66.3 cm³/mol. The van der Waals surface area contributed by atoms with Crippen LogP contribution in [0, 0.1) is 6.92 Å². The first-order chi connectivity index (χ1) is 7.79. The molecule has 0 saturated carbocycles. The van der Waals surface area contributed by atoms with Crippen LogP contribution in [0.5, 0.6) is 0 Å². The molecule has 84 valence electrons. The van der Waals surface area contributed by atoms with Gasteiger partial charge in [-0.1, -0.05) is 29.8 Å². The van der Waals surface area contributed by atoms with E-state index in [-0.39, 0.29) is 0 Å². The zero-order valence-corrected chi connectivity index (χ0v) is 9.77. The zero-order chi connectivity index (χ0) is 11.4. The van der Waals surface area contributed by atoms with E-state index >= 15 is 0 Å². The van der Waals surface area contributed by atoms with E-state index in [1.807, 2.05) is 17.9 Å². The third-order valence-corrected chi connectivity index (χ3v) is 2.58. The number of rotatable bonds is 4. The third kappa shape index (κ3) is 2.49. The highest BCUT2D eigenvalue weighted by atomic mass is 15.3. The molecule has 0 atom stereocenters. The van der Waals surface area contributed by atoms with Crippen LogP contribution in [0.15, 0.2) is 36.7 Å². The average molecular weight is 215 g/mol. The lowest BCUT2D eigenvalue weighted by Gasteiger charge is -2.00. The van der Waals surface area contributed by atoms with E-state index < -0.39 is 0 Å². The van der Waals surface area contributed by atoms with E-state index in [4.69, 9.17) is 0 Å². The molecule has 0 radical (unpaired) electrons. The number of aryl methyl sites for hydroxylation is 1. The second-order valence-corrected chi connectivity index (χ2v) is 3.97. The molecule has 0 bridgehead atoms. The number of benzene rings is 1. The molecule has 1 aromatic carbocycles. The van der Waals surface area contributed by atoms with Crippen molar-refractivity contribution in [2.75, 3.05) is 13.6 Å². The average Bonchev–Trinajstić information content (AvgIpc) is 2.75. The monoisotopic (exact) mass is 215 g/mol. The Hall–Kier alpha value is -1.61. The Bertz CT molecular complexity index is 460. The maximum atomic E-state index is 4.34. The van der Waals surface area contributed by atoms with Crippen molar-refractivity contribution in [2.45, 2.75) is 13.5 Å². The van der Waals surface area contributed by atoms with Crippen molar-refractivity contribution in [1.29, 1.82) is 0 Å². The number of hydrogen-bond donors (Lipinski definition) is 1. The molecule has 3 heteroatoms. The van der Waals surface area contributed by atoms with Crippen LogP contribution in [0.2, 0.25) is 0 Å². The number of aromatic nitrogens is 2. The van der Waals surface area contributed by atoms with Crippen LogP contribution in [0.3, 0.4) is 0 Å². The van der Waals surface area contributed by atoms with E-state index in [0.717, 1.165) is 13.1 Å². The standard InChI is InChI=1S/C13H17N3/c1-11-4-3-5-12(8-11)13-9-15-16(10-13)7-6-14-2/h3-5,8-10,14H,6-7H2,1-2H3. The van der Waals surface area contributed by atoms with Crippen LogP contribution in [-0.2, 0) is 6.54 Å². The largest absolute Gasteiger partial charge is 0.318 e. The summed E-state index contributed by atoms with van der Waals surface area (Å²) >= 11 is 0. The second kappa shape index (κ2) is 4.94. The van der Waals surface area contributed by atoms with Crippen LogP contribution in [0.1, 0.15) is 5.56 Å². The molecule has 0 unspecified atom stereocenters. The minimum atomic E-state index is 0.905. The Morgan fingerprint density at radius 3 is 2.94 bits per heavy atom. The van der Waals surface area contributed by atoms with Gasteiger partial charge in [0.25, 0.3) is 0 Å². The van der Waals surface area contributed by atoms with Gasteiger partial charge in [-0.15, -0.1) is 0 Å². The summed E-state index contributed by atoms with van der Waals surface area (Å²) in [6.07, 6.45) is 4.01. The van der Waals surface area contributed by atoms with Gasteiger partial charge < -0.3 is 5.32 Å². The lowest BCUT2D eigenvalue weighted by molar-refractivity contribution is 0.585. The molecule has 0 fully saturated rings. The topological polar surface area (TPSA) is 29.9 Å². The van der Waals surface area contributed by atoms with Crippen LogP contribution in [0.25, 0.3) is 11.1 Å². The Kier molecular flexibility index (Phi) is 3.37. The van der Waals surface area contributed by atoms with Crippen molar-refractivity contribution in [3.8, 4) is 11.1 Å². The fourth-order valence-electron chi connectivity index (χ4n) is 1.69. The molecule has 1 N–H and O–H groups in total. The molecular formula is C13H17N3. The Labute approximate surface area is 96.1 Å². The van der Waals surface area contributed by atoms with E-state index in [1.165, 1.54) is 16.7 Å². The quantitative estimate of drug-likeness (QED) is 0.846. The summed E-state index contributed by atoms with van der Waals surface area (Å²) in [6.45, 7) is 3.95. The molecule has 0 amide bonds. The van der Waals surface area contributed by atoms with Crippen molar-refractivity contribution in [3.63, 3.8) is 0 Å². The fourth-order valence-corrected chi connectivity index (χ4v) is 1.69. The minimum Gasteiger partial charge on any atom is -0.318 e. The second-order valence-electron chi connectivity index (χ2n) is 3.97. The number of hydrogen-bond acceptors (Lipinski definition) is 2.